The fraction of sp³-hybridized carbons (Fsp3) is 0.400. The number of hydrogen-bond donors (Lipinski definition) is 3. The number of anilines is 1. The maximum Gasteiger partial charge on any atom is 0.239 e. The number of nitrogen functional groups attached to an aromatic ring is 1. The van der Waals surface area contributed by atoms with E-state index in [1.165, 1.54) is 4.90 Å². The number of aromatic nitrogens is 1. The zero-order valence-electron chi connectivity index (χ0n) is 18.9. The van der Waals surface area contributed by atoms with Gasteiger partial charge in [0.05, 0.1) is 17.2 Å². The molecule has 8 heteroatoms. The number of benzene rings is 1. The summed E-state index contributed by atoms with van der Waals surface area (Å²) in [5.41, 5.74) is 14.0. The summed E-state index contributed by atoms with van der Waals surface area (Å²) < 4.78 is 0. The van der Waals surface area contributed by atoms with Crippen LogP contribution in [0.4, 0.5) is 5.69 Å². The molecule has 7 nitrogen and oxygen atoms in total. The Morgan fingerprint density at radius 1 is 1.15 bits per heavy atom. The first-order valence-electron chi connectivity index (χ1n) is 11.2. The van der Waals surface area contributed by atoms with Crippen molar-refractivity contribution in [3.63, 3.8) is 0 Å². The summed E-state index contributed by atoms with van der Waals surface area (Å²) in [6.07, 6.45) is 8.24. The molecule has 0 bridgehead atoms. The molecule has 3 atom stereocenters. The van der Waals surface area contributed by atoms with Crippen molar-refractivity contribution in [3.05, 3.63) is 70.4 Å². The monoisotopic (exact) mass is 463 g/mol. The van der Waals surface area contributed by atoms with Crippen molar-refractivity contribution in [2.24, 2.45) is 10.7 Å². The van der Waals surface area contributed by atoms with Crippen molar-refractivity contribution in [2.75, 3.05) is 18.5 Å². The average molecular weight is 464 g/mol. The minimum absolute atomic E-state index is 0.0873. The van der Waals surface area contributed by atoms with Crippen LogP contribution in [0.25, 0.3) is 0 Å². The molecule has 3 aliphatic rings. The van der Waals surface area contributed by atoms with E-state index in [4.69, 9.17) is 16.5 Å². The lowest BCUT2D eigenvalue weighted by Gasteiger charge is -2.41. The summed E-state index contributed by atoms with van der Waals surface area (Å²) in [5.74, 6) is 0.579. The molecule has 5 N–H and O–H groups in total. The highest BCUT2D eigenvalue weighted by Crippen LogP contribution is 2.50. The molecule has 0 saturated heterocycles. The van der Waals surface area contributed by atoms with Crippen LogP contribution < -0.4 is 11.5 Å². The van der Waals surface area contributed by atoms with Crippen LogP contribution in [0.15, 0.2) is 58.7 Å². The van der Waals surface area contributed by atoms with Gasteiger partial charge in [-0.25, -0.2) is 4.99 Å². The minimum atomic E-state index is -0.824. The van der Waals surface area contributed by atoms with Crippen molar-refractivity contribution < 1.29 is 9.90 Å². The minimum Gasteiger partial charge on any atom is -0.397 e. The van der Waals surface area contributed by atoms with Gasteiger partial charge in [0.1, 0.15) is 5.54 Å². The first kappa shape index (κ1) is 22.0. The first-order chi connectivity index (χ1) is 15.7. The van der Waals surface area contributed by atoms with Gasteiger partial charge in [0.2, 0.25) is 5.91 Å². The van der Waals surface area contributed by atoms with Crippen LogP contribution >= 0.6 is 11.8 Å². The van der Waals surface area contributed by atoms with E-state index in [1.54, 1.807) is 25.0 Å². The molecule has 3 heterocycles. The number of hydrogen-bond acceptors (Lipinski definition) is 7. The summed E-state index contributed by atoms with van der Waals surface area (Å²) >= 11 is 1.70. The van der Waals surface area contributed by atoms with Crippen molar-refractivity contribution >= 4 is 29.3 Å². The predicted molar refractivity (Wildman–Crippen MR) is 132 cm³/mol. The third-order valence-corrected chi connectivity index (χ3v) is 8.66. The van der Waals surface area contributed by atoms with Gasteiger partial charge in [0.15, 0.2) is 5.96 Å². The Morgan fingerprint density at radius 2 is 1.88 bits per heavy atom. The van der Waals surface area contributed by atoms with Gasteiger partial charge in [-0.15, -0.1) is 11.8 Å². The molecule has 2 aromatic rings. The molecule has 0 radical (unpaired) electrons. The zero-order chi connectivity index (χ0) is 23.4. The van der Waals surface area contributed by atoms with Crippen molar-refractivity contribution in [1.82, 2.24) is 9.88 Å². The lowest BCUT2D eigenvalue weighted by Crippen LogP contribution is -2.54. The second kappa shape index (κ2) is 7.88. The molecule has 33 heavy (non-hydrogen) atoms. The topological polar surface area (TPSA) is 118 Å². The second-order valence-electron chi connectivity index (χ2n) is 9.45. The number of nitrogens with zero attached hydrogens (tertiary/aromatic N) is 3. The van der Waals surface area contributed by atoms with E-state index >= 15 is 0 Å². The van der Waals surface area contributed by atoms with Crippen LogP contribution in [0.5, 0.6) is 0 Å². The number of amides is 1. The van der Waals surface area contributed by atoms with Crippen LogP contribution in [0.2, 0.25) is 0 Å². The molecule has 1 aromatic carbocycles. The van der Waals surface area contributed by atoms with Crippen molar-refractivity contribution in [1.29, 1.82) is 0 Å². The molecular formula is C25H29N5O2S. The SMILES string of the molecule is CN1C(=O)[C@@H](c2ccc(C3(O)CCC3)cc2)[C@@](C)(C2=CC(c3cncc(N)c3)CS2)N=C1N. The molecule has 172 valence electrons. The van der Waals surface area contributed by atoms with Gasteiger partial charge >= 0.3 is 0 Å². The Labute approximate surface area is 198 Å². The number of carbonyl (C=O) groups is 1. The number of guanidine groups is 1. The zero-order valence-corrected chi connectivity index (χ0v) is 19.7. The molecule has 1 amide bonds. The third-order valence-electron chi connectivity index (χ3n) is 7.27. The highest BCUT2D eigenvalue weighted by molar-refractivity contribution is 8.03. The van der Waals surface area contributed by atoms with E-state index in [0.29, 0.717) is 5.69 Å². The molecular weight excluding hydrogens is 434 g/mol. The summed E-state index contributed by atoms with van der Waals surface area (Å²) in [7, 11) is 1.66. The summed E-state index contributed by atoms with van der Waals surface area (Å²) in [4.78, 5) is 25.0. The van der Waals surface area contributed by atoms with Crippen LogP contribution in [0.3, 0.4) is 0 Å². The highest BCUT2D eigenvalue weighted by Gasteiger charge is 2.50. The molecule has 2 aliphatic heterocycles. The number of pyridine rings is 1. The number of aliphatic hydroxyl groups is 1. The van der Waals surface area contributed by atoms with Crippen LogP contribution in [0.1, 0.15) is 54.7 Å². The maximum absolute atomic E-state index is 13.5. The lowest BCUT2D eigenvalue weighted by molar-refractivity contribution is -0.129. The van der Waals surface area contributed by atoms with Gasteiger partial charge in [0, 0.05) is 36.0 Å². The third kappa shape index (κ3) is 3.61. The summed E-state index contributed by atoms with van der Waals surface area (Å²) in [6.45, 7) is 1.99. The number of carbonyl (C=O) groups excluding carboxylic acids is 1. The van der Waals surface area contributed by atoms with Crippen molar-refractivity contribution in [3.8, 4) is 0 Å². The molecule has 1 aromatic heterocycles. The van der Waals surface area contributed by atoms with Crippen LogP contribution in [-0.4, -0.2) is 45.2 Å². The largest absolute Gasteiger partial charge is 0.397 e. The van der Waals surface area contributed by atoms with E-state index < -0.39 is 17.1 Å². The van der Waals surface area contributed by atoms with Gasteiger partial charge < -0.3 is 16.6 Å². The van der Waals surface area contributed by atoms with Gasteiger partial charge in [0.25, 0.3) is 0 Å². The maximum atomic E-state index is 13.5. The fourth-order valence-corrected chi connectivity index (χ4v) is 6.38. The molecule has 1 aliphatic carbocycles. The number of aliphatic imine (C=N–C) groups is 1. The molecule has 1 saturated carbocycles. The predicted octanol–water partition coefficient (Wildman–Crippen LogP) is 3.08. The Hall–Kier alpha value is -2.84. The number of thioether (sulfide) groups is 1. The lowest BCUT2D eigenvalue weighted by atomic mass is 9.73. The number of likely N-dealkylation sites (N-methyl/N-ethyl adjacent to an activating group) is 1. The van der Waals surface area contributed by atoms with Crippen LogP contribution in [-0.2, 0) is 10.4 Å². The van der Waals surface area contributed by atoms with E-state index in [0.717, 1.165) is 46.6 Å². The Morgan fingerprint density at radius 3 is 2.52 bits per heavy atom. The second-order valence-corrected chi connectivity index (χ2v) is 10.5. The standard InChI is InChI=1S/C25H29N5O2S/c1-24(20-11-17(14-33-20)16-10-19(26)13-28-12-16)21(22(31)30(2)23(27)29-24)15-4-6-18(7-5-15)25(32)8-3-9-25/h4-7,10-13,17,21,32H,3,8-9,14,26H2,1-2H3,(H2,27,29)/t17?,21-,24-/m1/s1. The summed E-state index contributed by atoms with van der Waals surface area (Å²) in [6, 6.07) is 9.74. The van der Waals surface area contributed by atoms with Gasteiger partial charge in [-0.05, 0) is 48.9 Å². The smallest absolute Gasteiger partial charge is 0.239 e. The van der Waals surface area contributed by atoms with Gasteiger partial charge in [-0.1, -0.05) is 30.3 Å². The van der Waals surface area contributed by atoms with E-state index in [2.05, 4.69) is 11.1 Å². The molecule has 5 rings (SSSR count). The summed E-state index contributed by atoms with van der Waals surface area (Å²) in [5, 5.41) is 10.7. The van der Waals surface area contributed by atoms with Crippen molar-refractivity contribution in [2.45, 2.75) is 49.2 Å². The first-order valence-corrected chi connectivity index (χ1v) is 12.2. The quantitative estimate of drug-likeness (QED) is 0.641. The number of nitrogens with two attached hydrogens (primary N) is 2. The molecule has 1 fully saturated rings. The van der Waals surface area contributed by atoms with Crippen LogP contribution in [0, 0.1) is 0 Å². The molecule has 0 spiro atoms. The number of rotatable bonds is 4. The molecule has 1 unspecified atom stereocenters. The number of allylic oxidation sites excluding steroid dienone is 1. The van der Waals surface area contributed by atoms with Gasteiger partial charge in [-0.2, -0.15) is 0 Å². The van der Waals surface area contributed by atoms with E-state index in [1.807, 2.05) is 43.5 Å². The normalized spacial score (nSPS) is 28.8. The Bertz CT molecular complexity index is 1160. The average Bonchev–Trinajstić information content (AvgIpc) is 3.28. The van der Waals surface area contributed by atoms with Gasteiger partial charge in [-0.3, -0.25) is 14.7 Å². The fourth-order valence-electron chi connectivity index (χ4n) is 5.02. The van der Waals surface area contributed by atoms with E-state index in [-0.39, 0.29) is 17.8 Å². The Kier molecular flexibility index (Phi) is 5.25. The Balaban J connectivity index is 1.53. The van der Waals surface area contributed by atoms with E-state index in [9.17, 15) is 9.90 Å². The highest BCUT2D eigenvalue weighted by atomic mass is 32.2.